The van der Waals surface area contributed by atoms with Crippen molar-refractivity contribution in [3.8, 4) is 0 Å². The Kier molecular flexibility index (Phi) is 3.47. The van der Waals surface area contributed by atoms with E-state index in [9.17, 15) is 0 Å². The minimum Gasteiger partial charge on any atom is -0.379 e. The first-order valence-corrected chi connectivity index (χ1v) is 3.73. The van der Waals surface area contributed by atoms with Gasteiger partial charge in [0.25, 0.3) is 0 Å². The molecule has 1 saturated heterocycles. The molecule has 0 spiro atoms. The van der Waals surface area contributed by atoms with Crippen LogP contribution in [0.3, 0.4) is 0 Å². The molecule has 0 aromatic heterocycles. The largest absolute Gasteiger partial charge is 0.379 e. The van der Waals surface area contributed by atoms with Crippen LogP contribution in [0.2, 0.25) is 0 Å². The van der Waals surface area contributed by atoms with Gasteiger partial charge in [-0.3, -0.25) is 4.90 Å². The summed E-state index contributed by atoms with van der Waals surface area (Å²) in [5.41, 5.74) is 0. The molecule has 0 aromatic carbocycles. The van der Waals surface area contributed by atoms with E-state index in [1.165, 1.54) is 0 Å². The van der Waals surface area contributed by atoms with E-state index >= 15 is 0 Å². The molecule has 0 unspecified atom stereocenters. The first-order chi connectivity index (χ1) is 4.93. The SMILES string of the molecule is C=[C]CCN1CCOCC1. The summed E-state index contributed by atoms with van der Waals surface area (Å²) >= 11 is 0. The van der Waals surface area contributed by atoms with Gasteiger partial charge in [0.1, 0.15) is 0 Å². The molecule has 2 nitrogen and oxygen atoms in total. The first-order valence-electron chi connectivity index (χ1n) is 3.73. The van der Waals surface area contributed by atoms with Crippen LogP contribution in [0, 0.1) is 6.08 Å². The van der Waals surface area contributed by atoms with E-state index in [4.69, 9.17) is 4.74 Å². The van der Waals surface area contributed by atoms with Crippen LogP contribution in [0.25, 0.3) is 0 Å². The van der Waals surface area contributed by atoms with Crippen molar-refractivity contribution in [2.45, 2.75) is 6.42 Å². The predicted molar refractivity (Wildman–Crippen MR) is 40.7 cm³/mol. The van der Waals surface area contributed by atoms with Crippen LogP contribution in [0.4, 0.5) is 0 Å². The average Bonchev–Trinajstić information content (AvgIpc) is 2.03. The third-order valence-electron chi connectivity index (χ3n) is 1.71. The zero-order chi connectivity index (χ0) is 7.23. The van der Waals surface area contributed by atoms with Crippen molar-refractivity contribution in [2.24, 2.45) is 0 Å². The predicted octanol–water partition coefficient (Wildman–Crippen LogP) is 0.698. The molecule has 10 heavy (non-hydrogen) atoms. The summed E-state index contributed by atoms with van der Waals surface area (Å²) in [5, 5.41) is 0. The average molecular weight is 140 g/mol. The molecule has 1 fully saturated rings. The van der Waals surface area contributed by atoms with Gasteiger partial charge in [-0.25, -0.2) is 0 Å². The maximum Gasteiger partial charge on any atom is 0.0594 e. The highest BCUT2D eigenvalue weighted by Gasteiger charge is 2.07. The number of ether oxygens (including phenoxy) is 1. The molecule has 0 saturated carbocycles. The Morgan fingerprint density at radius 1 is 1.40 bits per heavy atom. The first kappa shape index (κ1) is 7.76. The van der Waals surface area contributed by atoms with Gasteiger partial charge >= 0.3 is 0 Å². The molecule has 0 atom stereocenters. The maximum atomic E-state index is 5.20. The third kappa shape index (κ3) is 2.50. The van der Waals surface area contributed by atoms with Crippen molar-refractivity contribution < 1.29 is 4.74 Å². The van der Waals surface area contributed by atoms with E-state index in [0.717, 1.165) is 39.3 Å². The number of rotatable bonds is 3. The van der Waals surface area contributed by atoms with Crippen molar-refractivity contribution >= 4 is 0 Å². The summed E-state index contributed by atoms with van der Waals surface area (Å²) in [5.74, 6) is 0. The highest BCUT2D eigenvalue weighted by atomic mass is 16.5. The van der Waals surface area contributed by atoms with Gasteiger partial charge in [0.05, 0.1) is 13.2 Å². The Bertz CT molecular complexity index is 97.4. The Hall–Kier alpha value is -0.340. The van der Waals surface area contributed by atoms with Gasteiger partial charge in [0.15, 0.2) is 0 Å². The molecule has 1 radical (unpaired) electrons. The number of hydrogen-bond donors (Lipinski definition) is 0. The van der Waals surface area contributed by atoms with Gasteiger partial charge in [0, 0.05) is 19.6 Å². The lowest BCUT2D eigenvalue weighted by Crippen LogP contribution is -2.36. The standard InChI is InChI=1S/C8H14NO/c1-2-3-4-9-5-7-10-8-6-9/h1,3-8H2. The molecule has 1 aliphatic rings. The fraction of sp³-hybridized carbons (Fsp3) is 0.750. The van der Waals surface area contributed by atoms with E-state index in [-0.39, 0.29) is 0 Å². The second-order valence-corrected chi connectivity index (χ2v) is 2.45. The van der Waals surface area contributed by atoms with E-state index in [1.54, 1.807) is 0 Å². The summed E-state index contributed by atoms with van der Waals surface area (Å²) < 4.78 is 5.20. The van der Waals surface area contributed by atoms with Crippen molar-refractivity contribution in [1.82, 2.24) is 4.90 Å². The van der Waals surface area contributed by atoms with E-state index in [1.807, 2.05) is 0 Å². The maximum absolute atomic E-state index is 5.20. The number of morpholine rings is 1. The molecule has 57 valence electrons. The Morgan fingerprint density at radius 2 is 2.10 bits per heavy atom. The van der Waals surface area contributed by atoms with Crippen LogP contribution in [-0.4, -0.2) is 37.7 Å². The molecule has 0 aromatic rings. The van der Waals surface area contributed by atoms with Gasteiger partial charge in [0.2, 0.25) is 0 Å². The molecule has 0 N–H and O–H groups in total. The second-order valence-electron chi connectivity index (χ2n) is 2.45. The fourth-order valence-electron chi connectivity index (χ4n) is 1.06. The van der Waals surface area contributed by atoms with Gasteiger partial charge in [-0.2, -0.15) is 0 Å². The minimum atomic E-state index is 0.886. The lowest BCUT2D eigenvalue weighted by atomic mass is 10.3. The quantitative estimate of drug-likeness (QED) is 0.572. The molecule has 0 bridgehead atoms. The van der Waals surface area contributed by atoms with E-state index in [2.05, 4.69) is 17.6 Å². The highest BCUT2D eigenvalue weighted by Crippen LogP contribution is 1.97. The Morgan fingerprint density at radius 3 is 2.70 bits per heavy atom. The fourth-order valence-corrected chi connectivity index (χ4v) is 1.06. The molecule has 0 amide bonds. The molecule has 2 heteroatoms. The number of hydrogen-bond acceptors (Lipinski definition) is 2. The topological polar surface area (TPSA) is 12.5 Å². The lowest BCUT2D eigenvalue weighted by Gasteiger charge is -2.25. The van der Waals surface area contributed by atoms with Crippen molar-refractivity contribution in [3.63, 3.8) is 0 Å². The van der Waals surface area contributed by atoms with Crippen molar-refractivity contribution in [2.75, 3.05) is 32.8 Å². The molecule has 1 heterocycles. The summed E-state index contributed by atoms with van der Waals surface area (Å²) in [4.78, 5) is 2.38. The van der Waals surface area contributed by atoms with Crippen LogP contribution >= 0.6 is 0 Å². The molecule has 1 rings (SSSR count). The lowest BCUT2D eigenvalue weighted by molar-refractivity contribution is 0.0386. The summed E-state index contributed by atoms with van der Waals surface area (Å²) in [6.45, 7) is 8.57. The van der Waals surface area contributed by atoms with Crippen LogP contribution in [0.15, 0.2) is 6.58 Å². The third-order valence-corrected chi connectivity index (χ3v) is 1.71. The van der Waals surface area contributed by atoms with E-state index < -0.39 is 0 Å². The van der Waals surface area contributed by atoms with E-state index in [0.29, 0.717) is 0 Å². The van der Waals surface area contributed by atoms with Gasteiger partial charge in [-0.15, -0.1) is 0 Å². The zero-order valence-electron chi connectivity index (χ0n) is 6.31. The van der Waals surface area contributed by atoms with Gasteiger partial charge in [-0.05, 0) is 6.42 Å². The monoisotopic (exact) mass is 140 g/mol. The minimum absolute atomic E-state index is 0.886. The van der Waals surface area contributed by atoms with Crippen LogP contribution in [0.5, 0.6) is 0 Å². The molecule has 1 aliphatic heterocycles. The van der Waals surface area contributed by atoms with Crippen molar-refractivity contribution in [1.29, 1.82) is 0 Å². The van der Waals surface area contributed by atoms with Crippen molar-refractivity contribution in [3.05, 3.63) is 12.7 Å². The molecule has 0 aliphatic carbocycles. The van der Waals surface area contributed by atoms with Crippen LogP contribution in [0.1, 0.15) is 6.42 Å². The second kappa shape index (κ2) is 4.47. The van der Waals surface area contributed by atoms with Crippen LogP contribution in [-0.2, 0) is 4.74 Å². The number of nitrogens with zero attached hydrogens (tertiary/aromatic N) is 1. The Labute approximate surface area is 62.5 Å². The zero-order valence-corrected chi connectivity index (χ0v) is 6.31. The highest BCUT2D eigenvalue weighted by molar-refractivity contribution is 4.65. The molecular weight excluding hydrogens is 126 g/mol. The normalized spacial score (nSPS) is 20.8. The molecular formula is C8H14NO. The summed E-state index contributed by atoms with van der Waals surface area (Å²) in [7, 11) is 0. The van der Waals surface area contributed by atoms with Crippen LogP contribution < -0.4 is 0 Å². The summed E-state index contributed by atoms with van der Waals surface area (Å²) in [6, 6.07) is 0. The van der Waals surface area contributed by atoms with Gasteiger partial charge < -0.3 is 4.74 Å². The Balaban J connectivity index is 2.07. The van der Waals surface area contributed by atoms with Gasteiger partial charge in [-0.1, -0.05) is 12.7 Å². The summed E-state index contributed by atoms with van der Waals surface area (Å²) in [6.07, 6.45) is 3.85. The smallest absolute Gasteiger partial charge is 0.0594 e.